The molecule has 1 saturated heterocycles. The molecular formula is C12H19N3OS3. The average Bonchev–Trinajstić information content (AvgIpc) is 2.72. The lowest BCUT2D eigenvalue weighted by atomic mass is 10.2. The van der Waals surface area contributed by atoms with Gasteiger partial charge < -0.3 is 5.32 Å². The number of hydrogen-bond donors (Lipinski definition) is 1. The van der Waals surface area contributed by atoms with Gasteiger partial charge in [0.25, 0.3) is 0 Å². The second kappa shape index (κ2) is 7.50. The van der Waals surface area contributed by atoms with Crippen LogP contribution in [0.4, 0.5) is 0 Å². The van der Waals surface area contributed by atoms with Crippen LogP contribution in [-0.2, 0) is 4.79 Å². The predicted octanol–water partition coefficient (Wildman–Crippen LogP) is 3.05. The van der Waals surface area contributed by atoms with Gasteiger partial charge in [0.1, 0.15) is 0 Å². The van der Waals surface area contributed by atoms with Crippen molar-refractivity contribution in [3.63, 3.8) is 0 Å². The highest BCUT2D eigenvalue weighted by molar-refractivity contribution is 8.03. The first-order chi connectivity index (χ1) is 9.15. The topological polar surface area (TPSA) is 54.9 Å². The molecule has 19 heavy (non-hydrogen) atoms. The third kappa shape index (κ3) is 4.96. The molecule has 1 N–H and O–H groups in total. The van der Waals surface area contributed by atoms with Crippen LogP contribution >= 0.6 is 34.9 Å². The maximum Gasteiger partial charge on any atom is 0.233 e. The molecule has 1 aliphatic rings. The van der Waals surface area contributed by atoms with Crippen molar-refractivity contribution in [3.8, 4) is 0 Å². The number of rotatable bonds is 5. The number of carbonyl (C=O) groups excluding carboxylic acids is 1. The summed E-state index contributed by atoms with van der Waals surface area (Å²) in [5, 5.41) is 11.3. The predicted molar refractivity (Wildman–Crippen MR) is 82.0 cm³/mol. The number of amides is 1. The van der Waals surface area contributed by atoms with E-state index in [-0.39, 0.29) is 11.2 Å². The van der Waals surface area contributed by atoms with Gasteiger partial charge in [-0.05, 0) is 18.8 Å². The third-order valence-electron chi connectivity index (χ3n) is 2.66. The number of carbonyl (C=O) groups is 1. The van der Waals surface area contributed by atoms with E-state index in [1.165, 1.54) is 0 Å². The van der Waals surface area contributed by atoms with Gasteiger partial charge in [0, 0.05) is 12.3 Å². The van der Waals surface area contributed by atoms with Crippen molar-refractivity contribution in [2.45, 2.75) is 47.0 Å². The smallest absolute Gasteiger partial charge is 0.233 e. The van der Waals surface area contributed by atoms with Crippen LogP contribution in [0, 0.1) is 5.92 Å². The molecule has 1 fully saturated rings. The Morgan fingerprint density at radius 2 is 2.16 bits per heavy atom. The highest BCUT2D eigenvalue weighted by Crippen LogP contribution is 2.33. The van der Waals surface area contributed by atoms with Gasteiger partial charge in [-0.25, -0.2) is 0 Å². The Morgan fingerprint density at radius 3 is 2.95 bits per heavy atom. The molecule has 1 aliphatic heterocycles. The molecule has 0 saturated carbocycles. The fraction of sp³-hybridized carbons (Fsp3) is 0.750. The van der Waals surface area contributed by atoms with E-state index >= 15 is 0 Å². The van der Waals surface area contributed by atoms with Crippen molar-refractivity contribution >= 4 is 40.8 Å². The second-order valence-electron chi connectivity index (χ2n) is 4.93. The zero-order chi connectivity index (χ0) is 13.7. The van der Waals surface area contributed by atoms with Crippen molar-refractivity contribution in [1.82, 2.24) is 15.5 Å². The van der Waals surface area contributed by atoms with Gasteiger partial charge in [-0.15, -0.1) is 10.2 Å². The Bertz CT molecular complexity index is 422. The molecule has 7 heteroatoms. The van der Waals surface area contributed by atoms with Crippen molar-refractivity contribution in [2.24, 2.45) is 5.92 Å². The van der Waals surface area contributed by atoms with E-state index in [1.54, 1.807) is 34.9 Å². The summed E-state index contributed by atoms with van der Waals surface area (Å²) in [6, 6.07) is 0. The monoisotopic (exact) mass is 317 g/mol. The highest BCUT2D eigenvalue weighted by atomic mass is 32.2. The molecule has 0 aromatic carbocycles. The van der Waals surface area contributed by atoms with Crippen LogP contribution in [0.2, 0.25) is 0 Å². The van der Waals surface area contributed by atoms with Crippen LogP contribution in [0.15, 0.2) is 8.68 Å². The minimum absolute atomic E-state index is 0.00148. The lowest BCUT2D eigenvalue weighted by Crippen LogP contribution is -2.30. The van der Waals surface area contributed by atoms with Gasteiger partial charge >= 0.3 is 0 Å². The van der Waals surface area contributed by atoms with Crippen LogP contribution in [0.3, 0.4) is 0 Å². The standard InChI is InChI=1S/C12H19N3OS3/c1-8(2)7-17-11-14-15-12(19-11)18-9-5-3-4-6-13-10(9)16/h8-9H,3-7H2,1-2H3,(H,13,16)/t9-/m0/s1. The Labute approximate surface area is 126 Å². The van der Waals surface area contributed by atoms with E-state index in [9.17, 15) is 4.79 Å². The first-order valence-electron chi connectivity index (χ1n) is 6.56. The molecule has 2 rings (SSSR count). The summed E-state index contributed by atoms with van der Waals surface area (Å²) in [5.74, 6) is 1.86. The maximum atomic E-state index is 11.9. The summed E-state index contributed by atoms with van der Waals surface area (Å²) in [6.07, 6.45) is 3.11. The van der Waals surface area contributed by atoms with E-state index in [4.69, 9.17) is 0 Å². The zero-order valence-electron chi connectivity index (χ0n) is 11.2. The number of nitrogens with zero attached hydrogens (tertiary/aromatic N) is 2. The van der Waals surface area contributed by atoms with Crippen LogP contribution in [-0.4, -0.2) is 33.7 Å². The minimum atomic E-state index is -0.00148. The Kier molecular flexibility index (Phi) is 5.97. The summed E-state index contributed by atoms with van der Waals surface area (Å²) in [5.41, 5.74) is 0. The Balaban J connectivity index is 1.89. The minimum Gasteiger partial charge on any atom is -0.355 e. The van der Waals surface area contributed by atoms with Crippen molar-refractivity contribution < 1.29 is 4.79 Å². The molecule has 0 spiro atoms. The molecule has 0 unspecified atom stereocenters. The molecule has 106 valence electrons. The molecule has 0 radical (unpaired) electrons. The highest BCUT2D eigenvalue weighted by Gasteiger charge is 2.23. The summed E-state index contributed by atoms with van der Waals surface area (Å²) in [6.45, 7) is 5.20. The van der Waals surface area contributed by atoms with Crippen LogP contribution < -0.4 is 5.32 Å². The van der Waals surface area contributed by atoms with Crippen molar-refractivity contribution in [1.29, 1.82) is 0 Å². The van der Waals surface area contributed by atoms with Gasteiger partial charge in [-0.2, -0.15) is 0 Å². The molecule has 1 atom stereocenters. The van der Waals surface area contributed by atoms with E-state index in [2.05, 4.69) is 29.4 Å². The number of aromatic nitrogens is 2. The molecule has 1 aromatic rings. The Morgan fingerprint density at radius 1 is 1.37 bits per heavy atom. The van der Waals surface area contributed by atoms with Crippen LogP contribution in [0.5, 0.6) is 0 Å². The molecule has 0 bridgehead atoms. The largest absolute Gasteiger partial charge is 0.355 e. The summed E-state index contributed by atoms with van der Waals surface area (Å²) >= 11 is 4.91. The van der Waals surface area contributed by atoms with Gasteiger partial charge in [-0.1, -0.05) is 55.1 Å². The lowest BCUT2D eigenvalue weighted by Gasteiger charge is -2.09. The van der Waals surface area contributed by atoms with Crippen molar-refractivity contribution in [3.05, 3.63) is 0 Å². The normalized spacial score (nSPS) is 20.4. The number of nitrogens with one attached hydrogen (secondary N) is 1. The fourth-order valence-electron chi connectivity index (χ4n) is 1.69. The van der Waals surface area contributed by atoms with Gasteiger partial charge in [0.2, 0.25) is 5.91 Å². The van der Waals surface area contributed by atoms with Crippen LogP contribution in [0.1, 0.15) is 33.1 Å². The third-order valence-corrected chi connectivity index (χ3v) is 6.49. The first-order valence-corrected chi connectivity index (χ1v) is 9.24. The summed E-state index contributed by atoms with van der Waals surface area (Å²) in [7, 11) is 0. The molecule has 0 aliphatic carbocycles. The summed E-state index contributed by atoms with van der Waals surface area (Å²) < 4.78 is 1.92. The van der Waals surface area contributed by atoms with Crippen LogP contribution in [0.25, 0.3) is 0 Å². The number of thioether (sulfide) groups is 2. The number of hydrogen-bond acceptors (Lipinski definition) is 6. The van der Waals surface area contributed by atoms with E-state index in [1.807, 2.05) is 0 Å². The van der Waals surface area contributed by atoms with E-state index in [0.717, 1.165) is 40.2 Å². The Hall–Kier alpha value is -0.270. The molecule has 2 heterocycles. The zero-order valence-corrected chi connectivity index (χ0v) is 13.7. The molecule has 1 amide bonds. The fourth-order valence-corrected chi connectivity index (χ4v) is 4.99. The van der Waals surface area contributed by atoms with E-state index < -0.39 is 0 Å². The van der Waals surface area contributed by atoms with Gasteiger partial charge in [0.15, 0.2) is 8.68 Å². The van der Waals surface area contributed by atoms with E-state index in [0.29, 0.717) is 5.92 Å². The van der Waals surface area contributed by atoms with Gasteiger partial charge in [-0.3, -0.25) is 4.79 Å². The molecule has 4 nitrogen and oxygen atoms in total. The molecular weight excluding hydrogens is 298 g/mol. The second-order valence-corrected chi connectivity index (χ2v) is 8.63. The lowest BCUT2D eigenvalue weighted by molar-refractivity contribution is -0.120. The van der Waals surface area contributed by atoms with Crippen molar-refractivity contribution in [2.75, 3.05) is 12.3 Å². The van der Waals surface area contributed by atoms with Gasteiger partial charge in [0.05, 0.1) is 5.25 Å². The molecule has 1 aromatic heterocycles. The summed E-state index contributed by atoms with van der Waals surface area (Å²) in [4.78, 5) is 11.9. The quantitative estimate of drug-likeness (QED) is 0.846. The maximum absolute atomic E-state index is 11.9. The first kappa shape index (κ1) is 15.1. The SMILES string of the molecule is CC(C)CSc1nnc(S[C@H]2CCCCNC2=O)s1. The average molecular weight is 318 g/mol.